The average Bonchev–Trinajstić information content (AvgIpc) is 2.56. The van der Waals surface area contributed by atoms with Crippen LogP contribution in [0.3, 0.4) is 0 Å². The fourth-order valence-electron chi connectivity index (χ4n) is 1.91. The number of amides is 1. The zero-order valence-corrected chi connectivity index (χ0v) is 9.65. The number of rotatable bonds is 2. The summed E-state index contributed by atoms with van der Waals surface area (Å²) in [4.78, 5) is 13.4. The van der Waals surface area contributed by atoms with Crippen LogP contribution in [0.5, 0.6) is 0 Å². The van der Waals surface area contributed by atoms with Crippen LogP contribution in [0.15, 0.2) is 24.3 Å². The molecule has 1 heterocycles. The first-order valence-electron chi connectivity index (χ1n) is 5.76. The third kappa shape index (κ3) is 3.30. The zero-order chi connectivity index (χ0) is 12.1. The van der Waals surface area contributed by atoms with E-state index in [0.29, 0.717) is 12.0 Å². The maximum atomic E-state index is 11.2. The molecule has 1 aliphatic heterocycles. The van der Waals surface area contributed by atoms with Gasteiger partial charge in [0.2, 0.25) is 5.91 Å². The number of nitriles is 1. The second-order valence-corrected chi connectivity index (χ2v) is 4.18. The van der Waals surface area contributed by atoms with Crippen molar-refractivity contribution in [3.63, 3.8) is 0 Å². The van der Waals surface area contributed by atoms with E-state index >= 15 is 0 Å². The topological polar surface area (TPSA) is 56.1 Å². The molecule has 0 saturated carbocycles. The predicted octanol–water partition coefficient (Wildman–Crippen LogP) is 0.880. The molecule has 0 atom stereocenters. The van der Waals surface area contributed by atoms with Gasteiger partial charge in [-0.1, -0.05) is 12.1 Å². The van der Waals surface area contributed by atoms with Crippen molar-refractivity contribution in [3.05, 3.63) is 35.4 Å². The first-order chi connectivity index (χ1) is 8.28. The van der Waals surface area contributed by atoms with Crippen LogP contribution in [0.2, 0.25) is 0 Å². The summed E-state index contributed by atoms with van der Waals surface area (Å²) in [7, 11) is 0. The van der Waals surface area contributed by atoms with Crippen molar-refractivity contribution in [2.45, 2.75) is 13.0 Å². The van der Waals surface area contributed by atoms with E-state index in [0.717, 1.165) is 26.2 Å². The minimum Gasteiger partial charge on any atom is -0.355 e. The highest BCUT2D eigenvalue weighted by Crippen LogP contribution is 2.08. The summed E-state index contributed by atoms with van der Waals surface area (Å²) >= 11 is 0. The molecule has 0 spiro atoms. The van der Waals surface area contributed by atoms with E-state index < -0.39 is 0 Å². The third-order valence-corrected chi connectivity index (χ3v) is 2.89. The molecule has 17 heavy (non-hydrogen) atoms. The molecule has 1 aliphatic rings. The molecule has 0 aromatic heterocycles. The van der Waals surface area contributed by atoms with Crippen molar-refractivity contribution in [1.82, 2.24) is 10.2 Å². The molecule has 0 radical (unpaired) electrons. The molecule has 88 valence electrons. The lowest BCUT2D eigenvalue weighted by Gasteiger charge is -2.18. The molecular weight excluding hydrogens is 214 g/mol. The van der Waals surface area contributed by atoms with Crippen LogP contribution in [0, 0.1) is 11.3 Å². The number of nitrogens with one attached hydrogen (secondary N) is 1. The summed E-state index contributed by atoms with van der Waals surface area (Å²) in [5.74, 6) is 0.132. The molecule has 1 amide bonds. The minimum absolute atomic E-state index is 0.132. The van der Waals surface area contributed by atoms with E-state index in [1.165, 1.54) is 5.56 Å². The Morgan fingerprint density at radius 3 is 2.76 bits per heavy atom. The van der Waals surface area contributed by atoms with Crippen molar-refractivity contribution in [2.75, 3.05) is 19.6 Å². The van der Waals surface area contributed by atoms with Crippen molar-refractivity contribution in [2.24, 2.45) is 0 Å². The van der Waals surface area contributed by atoms with Crippen molar-refractivity contribution >= 4 is 5.91 Å². The van der Waals surface area contributed by atoms with Crippen LogP contribution in [0.1, 0.15) is 17.5 Å². The first-order valence-corrected chi connectivity index (χ1v) is 5.76. The molecule has 0 unspecified atom stereocenters. The van der Waals surface area contributed by atoms with E-state index in [9.17, 15) is 4.79 Å². The normalized spacial score (nSPS) is 17.0. The Kier molecular flexibility index (Phi) is 3.73. The number of hydrogen-bond donors (Lipinski definition) is 1. The summed E-state index contributed by atoms with van der Waals surface area (Å²) in [6.45, 7) is 3.23. The summed E-state index contributed by atoms with van der Waals surface area (Å²) in [6, 6.07) is 9.71. The van der Waals surface area contributed by atoms with E-state index in [4.69, 9.17) is 5.26 Å². The van der Waals surface area contributed by atoms with Gasteiger partial charge in [-0.25, -0.2) is 0 Å². The van der Waals surface area contributed by atoms with Gasteiger partial charge in [0.15, 0.2) is 0 Å². The van der Waals surface area contributed by atoms with Crippen LogP contribution in [0.25, 0.3) is 0 Å². The van der Waals surface area contributed by atoms with Gasteiger partial charge in [0.1, 0.15) is 0 Å². The lowest BCUT2D eigenvalue weighted by Crippen LogP contribution is -2.28. The first kappa shape index (κ1) is 11.6. The molecule has 4 nitrogen and oxygen atoms in total. The average molecular weight is 229 g/mol. The number of hydrogen-bond acceptors (Lipinski definition) is 3. The minimum atomic E-state index is 0.132. The van der Waals surface area contributed by atoms with E-state index in [1.54, 1.807) is 0 Å². The van der Waals surface area contributed by atoms with Crippen LogP contribution >= 0.6 is 0 Å². The van der Waals surface area contributed by atoms with Crippen molar-refractivity contribution in [3.8, 4) is 6.07 Å². The molecule has 1 fully saturated rings. The van der Waals surface area contributed by atoms with Gasteiger partial charge in [0, 0.05) is 32.6 Å². The monoisotopic (exact) mass is 229 g/mol. The fraction of sp³-hybridized carbons (Fsp3) is 0.385. The van der Waals surface area contributed by atoms with Gasteiger partial charge in [-0.2, -0.15) is 5.26 Å². The van der Waals surface area contributed by atoms with Crippen molar-refractivity contribution in [1.29, 1.82) is 5.26 Å². The molecule has 1 saturated heterocycles. The summed E-state index contributed by atoms with van der Waals surface area (Å²) < 4.78 is 0. The quantitative estimate of drug-likeness (QED) is 0.819. The molecule has 0 bridgehead atoms. The van der Waals surface area contributed by atoms with Gasteiger partial charge in [-0.05, 0) is 17.7 Å². The number of benzene rings is 1. The highest BCUT2D eigenvalue weighted by atomic mass is 16.1. The van der Waals surface area contributed by atoms with Crippen LogP contribution in [-0.4, -0.2) is 30.4 Å². The Morgan fingerprint density at radius 2 is 2.06 bits per heavy atom. The molecule has 2 rings (SSSR count). The Morgan fingerprint density at radius 1 is 1.29 bits per heavy atom. The second-order valence-electron chi connectivity index (χ2n) is 4.18. The maximum Gasteiger partial charge on any atom is 0.221 e. The van der Waals surface area contributed by atoms with Crippen LogP contribution in [-0.2, 0) is 11.3 Å². The lowest BCUT2D eigenvalue weighted by molar-refractivity contribution is -0.120. The number of carbonyl (C=O) groups excluding carboxylic acids is 1. The number of carbonyl (C=O) groups is 1. The standard InChI is InChI=1S/C13H15N3O/c14-9-11-1-3-12(4-2-11)10-16-7-5-13(17)15-6-8-16/h1-4H,5-8,10H2,(H,15,17). The smallest absolute Gasteiger partial charge is 0.221 e. The Hall–Kier alpha value is -1.86. The second kappa shape index (κ2) is 5.46. The summed E-state index contributed by atoms with van der Waals surface area (Å²) in [6.07, 6.45) is 0.566. The molecule has 0 aliphatic carbocycles. The molecule has 1 N–H and O–H groups in total. The predicted molar refractivity (Wildman–Crippen MR) is 64.1 cm³/mol. The fourth-order valence-corrected chi connectivity index (χ4v) is 1.91. The highest BCUT2D eigenvalue weighted by molar-refractivity contribution is 5.76. The van der Waals surface area contributed by atoms with Gasteiger partial charge in [-0.3, -0.25) is 9.69 Å². The van der Waals surface area contributed by atoms with Gasteiger partial charge in [-0.15, -0.1) is 0 Å². The number of nitrogens with zero attached hydrogens (tertiary/aromatic N) is 2. The van der Waals surface area contributed by atoms with Crippen LogP contribution < -0.4 is 5.32 Å². The van der Waals surface area contributed by atoms with Gasteiger partial charge in [0.25, 0.3) is 0 Å². The van der Waals surface area contributed by atoms with Crippen molar-refractivity contribution < 1.29 is 4.79 Å². The maximum absolute atomic E-state index is 11.2. The zero-order valence-electron chi connectivity index (χ0n) is 9.65. The third-order valence-electron chi connectivity index (χ3n) is 2.89. The Balaban J connectivity index is 1.95. The van der Waals surface area contributed by atoms with E-state index in [2.05, 4.69) is 16.3 Å². The lowest BCUT2D eigenvalue weighted by atomic mass is 10.1. The molecule has 4 heteroatoms. The molecular formula is C13H15N3O. The molecule has 1 aromatic carbocycles. The SMILES string of the molecule is N#Cc1ccc(CN2CCNC(=O)CC2)cc1. The largest absolute Gasteiger partial charge is 0.355 e. The van der Waals surface area contributed by atoms with Gasteiger partial charge >= 0.3 is 0 Å². The Bertz CT molecular complexity index is 433. The van der Waals surface area contributed by atoms with E-state index in [1.807, 2.05) is 24.3 Å². The van der Waals surface area contributed by atoms with Gasteiger partial charge < -0.3 is 5.32 Å². The molecule has 1 aromatic rings. The van der Waals surface area contributed by atoms with E-state index in [-0.39, 0.29) is 5.91 Å². The van der Waals surface area contributed by atoms with Crippen LogP contribution in [0.4, 0.5) is 0 Å². The van der Waals surface area contributed by atoms with Gasteiger partial charge in [0.05, 0.1) is 11.6 Å². The Labute approximate surface area is 101 Å². The highest BCUT2D eigenvalue weighted by Gasteiger charge is 2.13. The summed E-state index contributed by atoms with van der Waals surface area (Å²) in [5, 5.41) is 11.6. The summed E-state index contributed by atoms with van der Waals surface area (Å²) in [5.41, 5.74) is 1.86.